The number of thiophene rings is 1. The molecule has 0 N–H and O–H groups in total. The van der Waals surface area contributed by atoms with E-state index in [1.165, 1.54) is 11.1 Å². The highest BCUT2D eigenvalue weighted by atomic mass is 32.1. The smallest absolute Gasteiger partial charge is 0.122 e. The minimum atomic E-state index is 0.952. The van der Waals surface area contributed by atoms with Gasteiger partial charge in [0.25, 0.3) is 0 Å². The number of methoxy groups -OCH3 is 1. The van der Waals surface area contributed by atoms with Gasteiger partial charge in [0.05, 0.1) is 7.11 Å². The first-order chi connectivity index (χ1) is 6.90. The van der Waals surface area contributed by atoms with Gasteiger partial charge in [-0.2, -0.15) is 11.3 Å². The predicted octanol–water partition coefficient (Wildman–Crippen LogP) is 3.35. The van der Waals surface area contributed by atoms with E-state index >= 15 is 0 Å². The summed E-state index contributed by atoms with van der Waals surface area (Å²) in [6.07, 6.45) is 0.952. The molecule has 0 unspecified atom stereocenters. The Hall–Kier alpha value is -1.28. The first kappa shape index (κ1) is 9.28. The van der Waals surface area contributed by atoms with Crippen molar-refractivity contribution in [3.05, 3.63) is 52.2 Å². The van der Waals surface area contributed by atoms with Crippen molar-refractivity contribution in [1.29, 1.82) is 0 Å². The SMILES string of the molecule is COc1ccccc1Cc1ccsc1. The predicted molar refractivity (Wildman–Crippen MR) is 60.1 cm³/mol. The zero-order valence-electron chi connectivity index (χ0n) is 8.07. The molecule has 0 amide bonds. The lowest BCUT2D eigenvalue weighted by Gasteiger charge is -2.06. The van der Waals surface area contributed by atoms with E-state index < -0.39 is 0 Å². The molecule has 2 aromatic rings. The van der Waals surface area contributed by atoms with E-state index in [1.54, 1.807) is 18.4 Å². The number of rotatable bonds is 3. The van der Waals surface area contributed by atoms with Crippen LogP contribution in [0.2, 0.25) is 0 Å². The van der Waals surface area contributed by atoms with Crippen LogP contribution in [-0.2, 0) is 6.42 Å². The van der Waals surface area contributed by atoms with E-state index in [-0.39, 0.29) is 0 Å². The van der Waals surface area contributed by atoms with E-state index in [0.717, 1.165) is 12.2 Å². The quantitative estimate of drug-likeness (QED) is 0.745. The van der Waals surface area contributed by atoms with Gasteiger partial charge in [-0.15, -0.1) is 0 Å². The number of benzene rings is 1. The molecule has 2 heteroatoms. The van der Waals surface area contributed by atoms with Crippen LogP contribution in [0.15, 0.2) is 41.1 Å². The van der Waals surface area contributed by atoms with Gasteiger partial charge in [0, 0.05) is 6.42 Å². The zero-order chi connectivity index (χ0) is 9.80. The lowest BCUT2D eigenvalue weighted by molar-refractivity contribution is 0.410. The van der Waals surface area contributed by atoms with Crippen molar-refractivity contribution in [3.63, 3.8) is 0 Å². The van der Waals surface area contributed by atoms with Crippen molar-refractivity contribution in [2.24, 2.45) is 0 Å². The Morgan fingerprint density at radius 2 is 2.07 bits per heavy atom. The Labute approximate surface area is 88.0 Å². The van der Waals surface area contributed by atoms with E-state index in [0.29, 0.717) is 0 Å². The summed E-state index contributed by atoms with van der Waals surface area (Å²) in [4.78, 5) is 0. The monoisotopic (exact) mass is 204 g/mol. The molecule has 0 atom stereocenters. The van der Waals surface area contributed by atoms with Crippen LogP contribution in [0.5, 0.6) is 5.75 Å². The highest BCUT2D eigenvalue weighted by Crippen LogP contribution is 2.21. The maximum atomic E-state index is 5.30. The normalized spacial score (nSPS) is 10.1. The van der Waals surface area contributed by atoms with Gasteiger partial charge in [0.1, 0.15) is 5.75 Å². The topological polar surface area (TPSA) is 9.23 Å². The molecule has 72 valence electrons. The highest BCUT2D eigenvalue weighted by Gasteiger charge is 2.02. The van der Waals surface area contributed by atoms with Gasteiger partial charge in [-0.1, -0.05) is 18.2 Å². The standard InChI is InChI=1S/C12H12OS/c1-13-12-5-3-2-4-11(12)8-10-6-7-14-9-10/h2-7,9H,8H2,1H3. The molecule has 0 saturated heterocycles. The van der Waals surface area contributed by atoms with Crippen molar-refractivity contribution in [2.75, 3.05) is 7.11 Å². The first-order valence-corrected chi connectivity index (χ1v) is 5.47. The van der Waals surface area contributed by atoms with Crippen LogP contribution in [0.4, 0.5) is 0 Å². The van der Waals surface area contributed by atoms with E-state index in [9.17, 15) is 0 Å². The summed E-state index contributed by atoms with van der Waals surface area (Å²) in [5.41, 5.74) is 2.59. The van der Waals surface area contributed by atoms with Crippen molar-refractivity contribution in [1.82, 2.24) is 0 Å². The Kier molecular flexibility index (Phi) is 2.84. The third kappa shape index (κ3) is 1.96. The third-order valence-electron chi connectivity index (χ3n) is 2.17. The van der Waals surface area contributed by atoms with Crippen LogP contribution in [0, 0.1) is 0 Å². The molecule has 14 heavy (non-hydrogen) atoms. The van der Waals surface area contributed by atoms with Crippen molar-refractivity contribution >= 4 is 11.3 Å². The highest BCUT2D eigenvalue weighted by molar-refractivity contribution is 7.07. The van der Waals surface area contributed by atoms with Gasteiger partial charge < -0.3 is 4.74 Å². The van der Waals surface area contributed by atoms with Crippen molar-refractivity contribution < 1.29 is 4.74 Å². The second-order valence-electron chi connectivity index (χ2n) is 3.12. The minimum absolute atomic E-state index is 0.952. The number of hydrogen-bond acceptors (Lipinski definition) is 2. The fourth-order valence-corrected chi connectivity index (χ4v) is 2.13. The molecule has 1 aromatic carbocycles. The third-order valence-corrected chi connectivity index (χ3v) is 2.90. The van der Waals surface area contributed by atoms with Crippen LogP contribution >= 0.6 is 11.3 Å². The maximum absolute atomic E-state index is 5.30. The van der Waals surface area contributed by atoms with Crippen molar-refractivity contribution in [3.8, 4) is 5.75 Å². The van der Waals surface area contributed by atoms with Gasteiger partial charge in [-0.3, -0.25) is 0 Å². The molecule has 0 fully saturated rings. The van der Waals surface area contributed by atoms with Gasteiger partial charge in [0.15, 0.2) is 0 Å². The number of para-hydroxylation sites is 1. The molecule has 2 rings (SSSR count). The largest absolute Gasteiger partial charge is 0.496 e. The summed E-state index contributed by atoms with van der Waals surface area (Å²) >= 11 is 1.73. The molecule has 1 aromatic heterocycles. The fourth-order valence-electron chi connectivity index (χ4n) is 1.46. The molecule has 1 nitrogen and oxygen atoms in total. The molecule has 0 aliphatic rings. The van der Waals surface area contributed by atoms with E-state index in [1.807, 2.05) is 18.2 Å². The summed E-state index contributed by atoms with van der Waals surface area (Å²) in [6.45, 7) is 0. The van der Waals surface area contributed by atoms with Crippen LogP contribution in [0.25, 0.3) is 0 Å². The van der Waals surface area contributed by atoms with Crippen molar-refractivity contribution in [2.45, 2.75) is 6.42 Å². The lowest BCUT2D eigenvalue weighted by atomic mass is 10.1. The van der Waals surface area contributed by atoms with E-state index in [2.05, 4.69) is 22.9 Å². The van der Waals surface area contributed by atoms with Gasteiger partial charge in [0.2, 0.25) is 0 Å². The Morgan fingerprint density at radius 3 is 2.79 bits per heavy atom. The van der Waals surface area contributed by atoms with E-state index in [4.69, 9.17) is 4.74 Å². The molecule has 0 aliphatic carbocycles. The molecular formula is C12H12OS. The number of hydrogen-bond donors (Lipinski definition) is 0. The second kappa shape index (κ2) is 4.29. The van der Waals surface area contributed by atoms with Crippen LogP contribution in [0.3, 0.4) is 0 Å². The Morgan fingerprint density at radius 1 is 1.21 bits per heavy atom. The summed E-state index contributed by atoms with van der Waals surface area (Å²) in [5.74, 6) is 0.971. The summed E-state index contributed by atoms with van der Waals surface area (Å²) < 4.78 is 5.30. The maximum Gasteiger partial charge on any atom is 0.122 e. The van der Waals surface area contributed by atoms with Gasteiger partial charge >= 0.3 is 0 Å². The van der Waals surface area contributed by atoms with Gasteiger partial charge in [-0.05, 0) is 34.0 Å². The zero-order valence-corrected chi connectivity index (χ0v) is 8.88. The number of ether oxygens (including phenoxy) is 1. The first-order valence-electron chi connectivity index (χ1n) is 4.53. The van der Waals surface area contributed by atoms with Gasteiger partial charge in [-0.25, -0.2) is 0 Å². The molecule has 0 saturated carbocycles. The summed E-state index contributed by atoms with van der Waals surface area (Å²) in [5, 5.41) is 4.27. The molecule has 1 heterocycles. The lowest BCUT2D eigenvalue weighted by Crippen LogP contribution is -1.91. The van der Waals surface area contributed by atoms with Crippen LogP contribution in [-0.4, -0.2) is 7.11 Å². The second-order valence-corrected chi connectivity index (χ2v) is 3.90. The average molecular weight is 204 g/mol. The average Bonchev–Trinajstić information content (AvgIpc) is 2.71. The van der Waals surface area contributed by atoms with Crippen LogP contribution in [0.1, 0.15) is 11.1 Å². The fraction of sp³-hybridized carbons (Fsp3) is 0.167. The molecule has 0 radical (unpaired) electrons. The molecular weight excluding hydrogens is 192 g/mol. The molecule has 0 spiro atoms. The summed E-state index contributed by atoms with van der Waals surface area (Å²) in [6, 6.07) is 10.3. The molecule has 0 aliphatic heterocycles. The molecule has 0 bridgehead atoms. The summed E-state index contributed by atoms with van der Waals surface area (Å²) in [7, 11) is 1.71. The minimum Gasteiger partial charge on any atom is -0.496 e. The Balaban J connectivity index is 2.24. The van der Waals surface area contributed by atoms with Crippen LogP contribution < -0.4 is 4.74 Å². The Bertz CT molecular complexity index is 392.